The molecule has 0 radical (unpaired) electrons. The van der Waals surface area contributed by atoms with Gasteiger partial charge < -0.3 is 0 Å². The first-order valence-corrected chi connectivity index (χ1v) is 5.49. The zero-order valence-corrected chi connectivity index (χ0v) is 8.39. The summed E-state index contributed by atoms with van der Waals surface area (Å²) < 4.78 is 30.4. The summed E-state index contributed by atoms with van der Waals surface area (Å²) in [4.78, 5) is 0. The third-order valence-corrected chi connectivity index (χ3v) is 2.22. The van der Waals surface area contributed by atoms with Crippen LogP contribution in [0.3, 0.4) is 0 Å². The summed E-state index contributed by atoms with van der Waals surface area (Å²) >= 11 is 0. The summed E-state index contributed by atoms with van der Waals surface area (Å²) in [5.41, 5.74) is 0. The molecule has 0 amide bonds. The summed E-state index contributed by atoms with van der Waals surface area (Å²) in [6, 6.07) is 0. The maximum Gasteiger partial charge on any atom is 0.399 e. The van der Waals surface area contributed by atoms with Gasteiger partial charge in [0.2, 0.25) is 0 Å². The van der Waals surface area contributed by atoms with E-state index in [-0.39, 0.29) is 13.2 Å². The van der Waals surface area contributed by atoms with Crippen molar-refractivity contribution in [1.29, 1.82) is 0 Å². The molecule has 0 spiro atoms. The van der Waals surface area contributed by atoms with Crippen molar-refractivity contribution >= 4 is 10.4 Å². The zero-order chi connectivity index (χ0) is 9.45. The molecule has 0 bridgehead atoms. The number of unbranched alkanes of at least 4 members (excludes halogenated alkanes) is 2. The van der Waals surface area contributed by atoms with E-state index in [4.69, 9.17) is 0 Å². The highest BCUT2D eigenvalue weighted by atomic mass is 32.3. The second-order valence-corrected chi connectivity index (χ2v) is 3.63. The van der Waals surface area contributed by atoms with Gasteiger partial charge in [0.25, 0.3) is 0 Å². The van der Waals surface area contributed by atoms with Crippen molar-refractivity contribution in [1.82, 2.24) is 0 Å². The lowest BCUT2D eigenvalue weighted by Crippen LogP contribution is -2.10. The Balaban J connectivity index is 3.48. The fraction of sp³-hybridized carbons (Fsp3) is 1.00. The van der Waals surface area contributed by atoms with Crippen molar-refractivity contribution in [3.05, 3.63) is 0 Å². The van der Waals surface area contributed by atoms with Crippen LogP contribution in [-0.2, 0) is 18.8 Å². The van der Waals surface area contributed by atoms with E-state index in [2.05, 4.69) is 8.37 Å². The SMILES string of the molecule is CCCCCOS(=O)(=O)OCC. The molecule has 0 aromatic rings. The maximum absolute atomic E-state index is 10.7. The molecule has 0 saturated heterocycles. The fourth-order valence-electron chi connectivity index (χ4n) is 0.691. The molecule has 74 valence electrons. The molecular formula is C7H16O4S. The highest BCUT2D eigenvalue weighted by molar-refractivity contribution is 7.81. The number of hydrogen-bond donors (Lipinski definition) is 0. The van der Waals surface area contributed by atoms with Gasteiger partial charge >= 0.3 is 10.4 Å². The summed E-state index contributed by atoms with van der Waals surface area (Å²) in [5, 5.41) is 0. The molecule has 0 atom stereocenters. The van der Waals surface area contributed by atoms with Crippen molar-refractivity contribution in [2.75, 3.05) is 13.2 Å². The van der Waals surface area contributed by atoms with Crippen molar-refractivity contribution in [3.63, 3.8) is 0 Å². The smallest absolute Gasteiger partial charge is 0.248 e. The first-order chi connectivity index (χ1) is 5.62. The molecule has 0 saturated carbocycles. The normalized spacial score (nSPS) is 11.8. The van der Waals surface area contributed by atoms with Gasteiger partial charge in [0.1, 0.15) is 0 Å². The Morgan fingerprint density at radius 1 is 1.08 bits per heavy atom. The van der Waals surface area contributed by atoms with E-state index in [1.165, 1.54) is 0 Å². The predicted octanol–water partition coefficient (Wildman–Crippen LogP) is 1.47. The van der Waals surface area contributed by atoms with Gasteiger partial charge in [-0.15, -0.1) is 0 Å². The van der Waals surface area contributed by atoms with Crippen LogP contribution in [0.5, 0.6) is 0 Å². The number of rotatable bonds is 7. The second-order valence-electron chi connectivity index (χ2n) is 2.34. The molecule has 12 heavy (non-hydrogen) atoms. The van der Waals surface area contributed by atoms with E-state index >= 15 is 0 Å². The second kappa shape index (κ2) is 6.39. The summed E-state index contributed by atoms with van der Waals surface area (Å²) in [7, 11) is -3.71. The van der Waals surface area contributed by atoms with Crippen LogP contribution in [0.15, 0.2) is 0 Å². The van der Waals surface area contributed by atoms with E-state index in [1.807, 2.05) is 6.92 Å². The molecule has 0 aliphatic heterocycles. The first kappa shape index (κ1) is 11.9. The Bertz CT molecular complexity index is 186. The number of hydrogen-bond acceptors (Lipinski definition) is 4. The lowest BCUT2D eigenvalue weighted by Gasteiger charge is -2.02. The van der Waals surface area contributed by atoms with Crippen LogP contribution < -0.4 is 0 Å². The molecule has 0 aliphatic rings. The highest BCUT2D eigenvalue weighted by Crippen LogP contribution is 2.00. The van der Waals surface area contributed by atoms with Gasteiger partial charge in [-0.3, -0.25) is 0 Å². The Kier molecular flexibility index (Phi) is 6.32. The highest BCUT2D eigenvalue weighted by Gasteiger charge is 2.08. The van der Waals surface area contributed by atoms with Gasteiger partial charge in [-0.25, -0.2) is 8.37 Å². The van der Waals surface area contributed by atoms with Crippen LogP contribution in [0.4, 0.5) is 0 Å². The molecule has 0 N–H and O–H groups in total. The third kappa shape index (κ3) is 6.57. The molecule has 0 unspecified atom stereocenters. The molecule has 0 aromatic heterocycles. The first-order valence-electron chi connectivity index (χ1n) is 4.16. The van der Waals surface area contributed by atoms with Crippen molar-refractivity contribution < 1.29 is 16.8 Å². The lowest BCUT2D eigenvalue weighted by molar-refractivity contribution is 0.219. The molecule has 0 fully saturated rings. The van der Waals surface area contributed by atoms with Gasteiger partial charge in [-0.2, -0.15) is 8.42 Å². The van der Waals surface area contributed by atoms with E-state index in [0.29, 0.717) is 0 Å². The van der Waals surface area contributed by atoms with Crippen LogP contribution in [0.2, 0.25) is 0 Å². The third-order valence-electron chi connectivity index (χ3n) is 1.24. The van der Waals surface area contributed by atoms with Crippen molar-refractivity contribution in [2.24, 2.45) is 0 Å². The molecule has 4 nitrogen and oxygen atoms in total. The van der Waals surface area contributed by atoms with E-state index in [0.717, 1.165) is 19.3 Å². The van der Waals surface area contributed by atoms with Crippen LogP contribution in [-0.4, -0.2) is 21.6 Å². The van der Waals surface area contributed by atoms with E-state index < -0.39 is 10.4 Å². The minimum atomic E-state index is -3.71. The Hall–Kier alpha value is -0.130. The van der Waals surface area contributed by atoms with E-state index in [1.54, 1.807) is 6.92 Å². The van der Waals surface area contributed by atoms with Gasteiger partial charge in [0.05, 0.1) is 13.2 Å². The fourth-order valence-corrected chi connectivity index (χ4v) is 1.37. The maximum atomic E-state index is 10.7. The van der Waals surface area contributed by atoms with Crippen LogP contribution in [0, 0.1) is 0 Å². The molecule has 0 rings (SSSR count). The monoisotopic (exact) mass is 196 g/mol. The predicted molar refractivity (Wildman–Crippen MR) is 46.0 cm³/mol. The van der Waals surface area contributed by atoms with Gasteiger partial charge in [-0.05, 0) is 13.3 Å². The average Bonchev–Trinajstić information content (AvgIpc) is 1.98. The summed E-state index contributed by atoms with van der Waals surface area (Å²) in [6.07, 6.45) is 2.77. The van der Waals surface area contributed by atoms with Crippen molar-refractivity contribution in [3.8, 4) is 0 Å². The van der Waals surface area contributed by atoms with Crippen molar-refractivity contribution in [2.45, 2.75) is 33.1 Å². The van der Waals surface area contributed by atoms with Gasteiger partial charge in [0, 0.05) is 0 Å². The van der Waals surface area contributed by atoms with Gasteiger partial charge in [0.15, 0.2) is 0 Å². The van der Waals surface area contributed by atoms with E-state index in [9.17, 15) is 8.42 Å². The standard InChI is InChI=1S/C7H16O4S/c1-3-5-6-7-11-12(8,9)10-4-2/h3-7H2,1-2H3. The molecule has 0 aromatic carbocycles. The Morgan fingerprint density at radius 3 is 2.25 bits per heavy atom. The molecule has 0 aliphatic carbocycles. The average molecular weight is 196 g/mol. The topological polar surface area (TPSA) is 52.6 Å². The van der Waals surface area contributed by atoms with Gasteiger partial charge in [-0.1, -0.05) is 19.8 Å². The molecular weight excluding hydrogens is 180 g/mol. The Labute approximate surface area is 74.2 Å². The zero-order valence-electron chi connectivity index (χ0n) is 7.58. The minimum absolute atomic E-state index is 0.121. The molecule has 5 heteroatoms. The minimum Gasteiger partial charge on any atom is -0.248 e. The van der Waals surface area contributed by atoms with Crippen LogP contribution in [0.25, 0.3) is 0 Å². The van der Waals surface area contributed by atoms with Crippen LogP contribution in [0.1, 0.15) is 33.1 Å². The summed E-state index contributed by atoms with van der Waals surface area (Å²) in [6.45, 7) is 3.98. The van der Waals surface area contributed by atoms with Crippen LogP contribution >= 0.6 is 0 Å². The Morgan fingerprint density at radius 2 is 1.75 bits per heavy atom. The lowest BCUT2D eigenvalue weighted by atomic mass is 10.3. The summed E-state index contributed by atoms with van der Waals surface area (Å²) in [5.74, 6) is 0. The quantitative estimate of drug-likeness (QED) is 0.579. The largest absolute Gasteiger partial charge is 0.399 e. The molecule has 0 heterocycles.